The van der Waals surface area contributed by atoms with E-state index in [0.29, 0.717) is 65.5 Å². The smallest absolute Gasteiger partial charge is 0.225 e. The minimum atomic E-state index is -0.347. The molecule has 4 heterocycles. The second kappa shape index (κ2) is 8.47. The van der Waals surface area contributed by atoms with Crippen molar-refractivity contribution in [3.05, 3.63) is 66.5 Å². The van der Waals surface area contributed by atoms with Gasteiger partial charge in [-0.25, -0.2) is 19.3 Å². The summed E-state index contributed by atoms with van der Waals surface area (Å²) < 4.78 is 16.7. The Bertz CT molecular complexity index is 1480. The van der Waals surface area contributed by atoms with Gasteiger partial charge >= 0.3 is 0 Å². The van der Waals surface area contributed by atoms with Crippen LogP contribution in [0.15, 0.2) is 55.1 Å². The summed E-state index contributed by atoms with van der Waals surface area (Å²) in [6, 6.07) is 12.1. The summed E-state index contributed by atoms with van der Waals surface area (Å²) in [5, 5.41) is 10.1. The number of hydrogen-bond acceptors (Lipinski definition) is 6. The molecule has 2 fully saturated rings. The van der Waals surface area contributed by atoms with Crippen LogP contribution in [-0.2, 0) is 4.79 Å². The highest BCUT2D eigenvalue weighted by Gasteiger charge is 2.35. The molecule has 0 radical (unpaired) electrons. The Morgan fingerprint density at radius 2 is 1.83 bits per heavy atom. The molecule has 35 heavy (non-hydrogen) atoms. The molecule has 0 unspecified atom stereocenters. The molecule has 1 saturated carbocycles. The average molecular weight is 468 g/mol. The predicted molar refractivity (Wildman–Crippen MR) is 128 cm³/mol. The van der Waals surface area contributed by atoms with Crippen molar-refractivity contribution < 1.29 is 9.18 Å². The van der Waals surface area contributed by atoms with Gasteiger partial charge in [-0.05, 0) is 31.0 Å². The van der Waals surface area contributed by atoms with Crippen LogP contribution in [0.1, 0.15) is 18.4 Å². The van der Waals surface area contributed by atoms with Crippen LogP contribution in [0.25, 0.3) is 28.0 Å². The highest BCUT2D eigenvalue weighted by molar-refractivity contribution is 6.02. The van der Waals surface area contributed by atoms with Gasteiger partial charge in [-0.15, -0.1) is 0 Å². The summed E-state index contributed by atoms with van der Waals surface area (Å²) in [4.78, 5) is 30.2. The van der Waals surface area contributed by atoms with E-state index >= 15 is 0 Å². The van der Waals surface area contributed by atoms with Gasteiger partial charge in [0, 0.05) is 55.6 Å². The second-order valence-corrected chi connectivity index (χ2v) is 8.89. The molecule has 174 valence electrons. The molecule has 1 amide bonds. The van der Waals surface area contributed by atoms with Crippen molar-refractivity contribution >= 4 is 22.8 Å². The van der Waals surface area contributed by atoms with Gasteiger partial charge in [0.15, 0.2) is 5.65 Å². The van der Waals surface area contributed by atoms with E-state index in [9.17, 15) is 14.4 Å². The number of amides is 1. The first kappa shape index (κ1) is 21.2. The fourth-order valence-electron chi connectivity index (χ4n) is 4.69. The van der Waals surface area contributed by atoms with Crippen LogP contribution >= 0.6 is 0 Å². The lowest BCUT2D eigenvalue weighted by atomic mass is 10.1. The van der Waals surface area contributed by atoms with Crippen molar-refractivity contribution in [2.75, 3.05) is 31.1 Å². The summed E-state index contributed by atoms with van der Waals surface area (Å²) in [5.41, 5.74) is 2.13. The molecule has 0 N–H and O–H groups in total. The van der Waals surface area contributed by atoms with E-state index in [2.05, 4.69) is 25.9 Å². The molecule has 1 aliphatic heterocycles. The Morgan fingerprint density at radius 1 is 1.03 bits per heavy atom. The van der Waals surface area contributed by atoms with Crippen LogP contribution in [-0.4, -0.2) is 56.5 Å². The minimum absolute atomic E-state index is 0.200. The maximum Gasteiger partial charge on any atom is 0.225 e. The number of carbonyl (C=O) groups excluding carboxylic acids is 1. The Hall–Kier alpha value is -4.32. The summed E-state index contributed by atoms with van der Waals surface area (Å²) in [6.45, 7) is 2.52. The third kappa shape index (κ3) is 3.77. The van der Waals surface area contributed by atoms with Crippen molar-refractivity contribution in [3.8, 4) is 23.0 Å². The van der Waals surface area contributed by atoms with E-state index in [0.717, 1.165) is 12.8 Å². The number of halogens is 1. The number of fused-ring (bicyclic) bond motifs is 1. The van der Waals surface area contributed by atoms with Crippen LogP contribution < -0.4 is 4.90 Å². The summed E-state index contributed by atoms with van der Waals surface area (Å²) in [7, 11) is 0. The van der Waals surface area contributed by atoms with Gasteiger partial charge in [0.05, 0.1) is 17.0 Å². The first-order chi connectivity index (χ1) is 17.1. The molecule has 0 bridgehead atoms. The lowest BCUT2D eigenvalue weighted by Crippen LogP contribution is -2.49. The van der Waals surface area contributed by atoms with Crippen molar-refractivity contribution in [1.82, 2.24) is 24.4 Å². The van der Waals surface area contributed by atoms with Gasteiger partial charge in [0.1, 0.15) is 23.8 Å². The van der Waals surface area contributed by atoms with Gasteiger partial charge in [-0.2, -0.15) is 5.26 Å². The molecule has 3 aromatic heterocycles. The molecule has 2 aliphatic rings. The zero-order valence-electron chi connectivity index (χ0n) is 18.9. The molecular weight excluding hydrogens is 445 g/mol. The zero-order chi connectivity index (χ0) is 23.9. The average Bonchev–Trinajstić information content (AvgIpc) is 3.69. The molecule has 1 aliphatic carbocycles. The number of carbonyl (C=O) groups is 1. The number of piperazine rings is 1. The number of nitriles is 1. The van der Waals surface area contributed by atoms with E-state index in [1.54, 1.807) is 47.3 Å². The van der Waals surface area contributed by atoms with Crippen LogP contribution in [0.3, 0.4) is 0 Å². The first-order valence-electron chi connectivity index (χ1n) is 11.7. The SMILES string of the molecule is N#Cc1ccnc(-n2cc(-c3ccccc3F)c3c(N4CCN(C(=O)C5CC5)CC4)ncnc32)c1. The number of nitrogens with zero attached hydrogens (tertiary/aromatic N) is 7. The number of anilines is 1. The predicted octanol–water partition coefficient (Wildman–Crippen LogP) is 3.55. The quantitative estimate of drug-likeness (QED) is 0.456. The maximum absolute atomic E-state index is 15.0. The topological polar surface area (TPSA) is 90.9 Å². The highest BCUT2D eigenvalue weighted by Crippen LogP contribution is 2.38. The standard InChI is InChI=1S/C26H22FN7O/c27-21-4-2-1-3-19(21)20-15-34(22-13-17(14-28)7-8-29-22)25-23(20)24(30-16-31-25)32-9-11-33(12-10-32)26(35)18-5-6-18/h1-4,7-8,13,15-16,18H,5-6,9-12H2. The summed E-state index contributed by atoms with van der Waals surface area (Å²) >= 11 is 0. The molecule has 0 spiro atoms. The third-order valence-electron chi connectivity index (χ3n) is 6.67. The highest BCUT2D eigenvalue weighted by atomic mass is 19.1. The van der Waals surface area contributed by atoms with Crippen LogP contribution in [0, 0.1) is 23.1 Å². The molecule has 6 rings (SSSR count). The van der Waals surface area contributed by atoms with Crippen LogP contribution in [0.4, 0.5) is 10.2 Å². The number of rotatable bonds is 4. The molecule has 0 atom stereocenters. The van der Waals surface area contributed by atoms with Gasteiger partial charge in [-0.3, -0.25) is 9.36 Å². The van der Waals surface area contributed by atoms with Gasteiger partial charge in [0.25, 0.3) is 0 Å². The largest absolute Gasteiger partial charge is 0.352 e. The fourth-order valence-corrected chi connectivity index (χ4v) is 4.69. The van der Waals surface area contributed by atoms with Crippen LogP contribution in [0.5, 0.6) is 0 Å². The Morgan fingerprint density at radius 3 is 2.57 bits per heavy atom. The summed E-state index contributed by atoms with van der Waals surface area (Å²) in [6.07, 6.45) is 6.85. The molecule has 9 heteroatoms. The van der Waals surface area contributed by atoms with Crippen molar-refractivity contribution in [3.63, 3.8) is 0 Å². The zero-order valence-corrected chi connectivity index (χ0v) is 18.9. The molecule has 4 aromatic rings. The van der Waals surface area contributed by atoms with E-state index in [1.807, 2.05) is 4.90 Å². The number of aromatic nitrogens is 4. The Kier molecular flexibility index (Phi) is 5.14. The number of pyridine rings is 1. The molecular formula is C26H22FN7O. The molecule has 1 saturated heterocycles. The van der Waals surface area contributed by atoms with E-state index in [1.165, 1.54) is 12.4 Å². The third-order valence-corrected chi connectivity index (χ3v) is 6.67. The van der Waals surface area contributed by atoms with E-state index in [-0.39, 0.29) is 17.6 Å². The van der Waals surface area contributed by atoms with Gasteiger partial charge < -0.3 is 9.80 Å². The molecule has 8 nitrogen and oxygen atoms in total. The number of benzene rings is 1. The first-order valence-corrected chi connectivity index (χ1v) is 11.7. The second-order valence-electron chi connectivity index (χ2n) is 8.89. The van der Waals surface area contributed by atoms with Gasteiger partial charge in [-0.1, -0.05) is 18.2 Å². The Balaban J connectivity index is 1.47. The fraction of sp³-hybridized carbons (Fsp3) is 0.269. The lowest BCUT2D eigenvalue weighted by Gasteiger charge is -2.35. The van der Waals surface area contributed by atoms with Gasteiger partial charge in [0.2, 0.25) is 5.91 Å². The van der Waals surface area contributed by atoms with E-state index < -0.39 is 0 Å². The van der Waals surface area contributed by atoms with Crippen LogP contribution in [0.2, 0.25) is 0 Å². The lowest BCUT2D eigenvalue weighted by molar-refractivity contribution is -0.132. The van der Waals surface area contributed by atoms with E-state index in [4.69, 9.17) is 0 Å². The normalized spacial score (nSPS) is 15.9. The van der Waals surface area contributed by atoms with Crippen molar-refractivity contribution in [2.24, 2.45) is 5.92 Å². The minimum Gasteiger partial charge on any atom is -0.352 e. The summed E-state index contributed by atoms with van der Waals surface area (Å²) in [5.74, 6) is 1.31. The van der Waals surface area contributed by atoms with Crippen molar-refractivity contribution in [1.29, 1.82) is 5.26 Å². The number of hydrogen-bond donors (Lipinski definition) is 0. The molecule has 1 aromatic carbocycles. The monoisotopic (exact) mass is 467 g/mol. The Labute approximate surface area is 201 Å². The van der Waals surface area contributed by atoms with Crippen molar-refractivity contribution in [2.45, 2.75) is 12.8 Å². The maximum atomic E-state index is 15.0.